The van der Waals surface area contributed by atoms with E-state index >= 15 is 0 Å². The summed E-state index contributed by atoms with van der Waals surface area (Å²) in [5.74, 6) is -1.75. The summed E-state index contributed by atoms with van der Waals surface area (Å²) >= 11 is 0. The number of ether oxygens (including phenoxy) is 2. The first kappa shape index (κ1) is 23.2. The fourth-order valence-corrected chi connectivity index (χ4v) is 3.36. The first-order valence-electron chi connectivity index (χ1n) is 10.6. The normalized spacial score (nSPS) is 10.7. The maximum Gasteiger partial charge on any atom is 0.343 e. The Morgan fingerprint density at radius 1 is 0.771 bits per heavy atom. The number of hydrogen-bond acceptors (Lipinski definition) is 6. The van der Waals surface area contributed by atoms with E-state index in [-0.39, 0.29) is 5.75 Å². The maximum absolute atomic E-state index is 12.6. The molecule has 0 aliphatic carbocycles. The number of hydrogen-bond donors (Lipinski definition) is 2. The number of carbonyl (C=O) groups excluding carboxylic acids is 3. The van der Waals surface area contributed by atoms with Crippen molar-refractivity contribution in [2.45, 2.75) is 0 Å². The molecule has 0 fully saturated rings. The van der Waals surface area contributed by atoms with Crippen LogP contribution in [0, 0.1) is 0 Å². The molecule has 2 N–H and O–H groups in total. The second-order valence-electron chi connectivity index (χ2n) is 7.31. The van der Waals surface area contributed by atoms with Gasteiger partial charge in [-0.3, -0.25) is 9.59 Å². The number of nitrogens with zero attached hydrogens (tertiary/aromatic N) is 1. The molecule has 0 atom stereocenters. The van der Waals surface area contributed by atoms with E-state index in [1.54, 1.807) is 60.7 Å². The number of carbonyl (C=O) groups is 3. The van der Waals surface area contributed by atoms with Crippen LogP contribution in [-0.2, 0) is 9.59 Å². The Balaban J connectivity index is 1.54. The lowest BCUT2D eigenvalue weighted by atomic mass is 10.0. The minimum Gasteiger partial charge on any atom is -0.495 e. The monoisotopic (exact) mass is 467 g/mol. The molecule has 0 unspecified atom stereocenters. The predicted octanol–water partition coefficient (Wildman–Crippen LogP) is 4.16. The Hall–Kier alpha value is -4.98. The van der Waals surface area contributed by atoms with Gasteiger partial charge < -0.3 is 14.8 Å². The van der Waals surface area contributed by atoms with Crippen molar-refractivity contribution in [3.8, 4) is 11.5 Å². The molecule has 4 aromatic rings. The molecule has 4 rings (SSSR count). The van der Waals surface area contributed by atoms with E-state index in [1.807, 2.05) is 30.3 Å². The smallest absolute Gasteiger partial charge is 0.343 e. The second-order valence-corrected chi connectivity index (χ2v) is 7.31. The van der Waals surface area contributed by atoms with Crippen molar-refractivity contribution in [1.29, 1.82) is 0 Å². The van der Waals surface area contributed by atoms with Crippen molar-refractivity contribution in [3.05, 3.63) is 102 Å². The minimum absolute atomic E-state index is 0.258. The molecule has 35 heavy (non-hydrogen) atoms. The molecule has 0 aliphatic heterocycles. The van der Waals surface area contributed by atoms with Gasteiger partial charge >= 0.3 is 17.8 Å². The second kappa shape index (κ2) is 10.8. The fourth-order valence-electron chi connectivity index (χ4n) is 3.36. The Bertz CT molecular complexity index is 1420. The molecule has 0 bridgehead atoms. The maximum atomic E-state index is 12.6. The van der Waals surface area contributed by atoms with Gasteiger partial charge in [-0.15, -0.1) is 0 Å². The molecule has 4 aromatic carbocycles. The van der Waals surface area contributed by atoms with E-state index in [9.17, 15) is 14.4 Å². The summed E-state index contributed by atoms with van der Waals surface area (Å²) in [6, 6.07) is 26.2. The number of rotatable bonds is 6. The number of benzene rings is 4. The molecule has 8 nitrogen and oxygen atoms in total. The van der Waals surface area contributed by atoms with E-state index in [0.717, 1.165) is 10.8 Å². The Kier molecular flexibility index (Phi) is 7.13. The number of para-hydroxylation sites is 2. The van der Waals surface area contributed by atoms with Gasteiger partial charge in [-0.2, -0.15) is 5.10 Å². The third-order valence-corrected chi connectivity index (χ3v) is 5.06. The molecule has 0 saturated carbocycles. The van der Waals surface area contributed by atoms with E-state index in [2.05, 4.69) is 15.8 Å². The van der Waals surface area contributed by atoms with Crippen LogP contribution in [0.5, 0.6) is 11.5 Å². The van der Waals surface area contributed by atoms with E-state index in [4.69, 9.17) is 9.47 Å². The van der Waals surface area contributed by atoms with Crippen LogP contribution in [0.15, 0.2) is 96.1 Å². The van der Waals surface area contributed by atoms with E-state index in [0.29, 0.717) is 22.6 Å². The molecule has 0 spiro atoms. The lowest BCUT2D eigenvalue weighted by Crippen LogP contribution is -2.32. The molecule has 174 valence electrons. The van der Waals surface area contributed by atoms with Crippen LogP contribution >= 0.6 is 0 Å². The first-order valence-corrected chi connectivity index (χ1v) is 10.6. The third-order valence-electron chi connectivity index (χ3n) is 5.06. The third kappa shape index (κ3) is 5.51. The molecule has 0 radical (unpaired) electrons. The number of methoxy groups -OCH3 is 1. The van der Waals surface area contributed by atoms with Crippen molar-refractivity contribution in [2.75, 3.05) is 12.4 Å². The number of nitrogens with one attached hydrogen (secondary N) is 2. The van der Waals surface area contributed by atoms with Crippen LogP contribution in [0.4, 0.5) is 5.69 Å². The lowest BCUT2D eigenvalue weighted by Gasteiger charge is -2.11. The highest BCUT2D eigenvalue weighted by atomic mass is 16.5. The number of fused-ring (bicyclic) bond motifs is 1. The molecule has 8 heteroatoms. The summed E-state index contributed by atoms with van der Waals surface area (Å²) in [7, 11) is 1.46. The zero-order chi connectivity index (χ0) is 24.6. The highest BCUT2D eigenvalue weighted by molar-refractivity contribution is 6.39. The highest BCUT2D eigenvalue weighted by Crippen LogP contribution is 2.27. The zero-order valence-electron chi connectivity index (χ0n) is 18.7. The van der Waals surface area contributed by atoms with E-state index < -0.39 is 17.8 Å². The Morgan fingerprint density at radius 2 is 1.49 bits per heavy atom. The molecule has 0 aliphatic rings. The van der Waals surface area contributed by atoms with Crippen LogP contribution in [-0.4, -0.2) is 31.1 Å². The van der Waals surface area contributed by atoms with Gasteiger partial charge in [-0.25, -0.2) is 10.2 Å². The van der Waals surface area contributed by atoms with Gasteiger partial charge in [0.15, 0.2) is 0 Å². The Labute approximate surface area is 201 Å². The minimum atomic E-state index is -0.977. The summed E-state index contributed by atoms with van der Waals surface area (Å²) in [5.41, 5.74) is 3.42. The van der Waals surface area contributed by atoms with Crippen molar-refractivity contribution < 1.29 is 23.9 Å². The summed E-state index contributed by atoms with van der Waals surface area (Å²) in [5, 5.41) is 8.04. The summed E-state index contributed by atoms with van der Waals surface area (Å²) < 4.78 is 10.8. The quantitative estimate of drug-likeness (QED) is 0.146. The molecule has 0 heterocycles. The molecule has 0 saturated heterocycles. The zero-order valence-corrected chi connectivity index (χ0v) is 18.7. The van der Waals surface area contributed by atoms with Crippen LogP contribution in [0.25, 0.3) is 10.8 Å². The highest BCUT2D eigenvalue weighted by Gasteiger charge is 2.16. The van der Waals surface area contributed by atoms with Gasteiger partial charge in [0.2, 0.25) is 0 Å². The Morgan fingerprint density at radius 3 is 2.29 bits per heavy atom. The summed E-state index contributed by atoms with van der Waals surface area (Å²) in [6.07, 6.45) is 1.34. The number of amides is 2. The fraction of sp³-hybridized carbons (Fsp3) is 0.0370. The van der Waals surface area contributed by atoms with Gasteiger partial charge in [0.05, 0.1) is 24.6 Å². The molecule has 2 amide bonds. The molecule has 0 aromatic heterocycles. The topological polar surface area (TPSA) is 106 Å². The predicted molar refractivity (Wildman–Crippen MR) is 133 cm³/mol. The van der Waals surface area contributed by atoms with Gasteiger partial charge in [0, 0.05) is 5.56 Å². The van der Waals surface area contributed by atoms with Crippen molar-refractivity contribution in [1.82, 2.24) is 5.43 Å². The van der Waals surface area contributed by atoms with Gasteiger partial charge in [-0.1, -0.05) is 60.7 Å². The van der Waals surface area contributed by atoms with Crippen LogP contribution in [0.2, 0.25) is 0 Å². The van der Waals surface area contributed by atoms with Crippen molar-refractivity contribution >= 4 is 40.5 Å². The lowest BCUT2D eigenvalue weighted by molar-refractivity contribution is -0.136. The number of hydrazone groups is 1. The van der Waals surface area contributed by atoms with Crippen molar-refractivity contribution in [2.24, 2.45) is 5.10 Å². The molecular weight excluding hydrogens is 446 g/mol. The summed E-state index contributed by atoms with van der Waals surface area (Å²) in [4.78, 5) is 37.2. The SMILES string of the molecule is COc1ccccc1NC(=O)C(=O)N/N=C\c1c(OC(=O)c2ccccc2)ccc2ccccc12. The van der Waals surface area contributed by atoms with Crippen LogP contribution in [0.3, 0.4) is 0 Å². The van der Waals surface area contributed by atoms with Gasteiger partial charge in [-0.05, 0) is 41.1 Å². The standard InChI is InChI=1S/C27H21N3O5/c1-34-24-14-8-7-13-22(24)29-25(31)26(32)30-28-17-21-20-12-6-5-9-18(20)15-16-23(21)35-27(33)19-10-3-2-4-11-19/h2-17H,1H3,(H,29,31)(H,30,32)/b28-17-. The van der Waals surface area contributed by atoms with Crippen LogP contribution < -0.4 is 20.2 Å². The first-order chi connectivity index (χ1) is 17.1. The average Bonchev–Trinajstić information content (AvgIpc) is 2.90. The van der Waals surface area contributed by atoms with Gasteiger partial charge in [0.25, 0.3) is 0 Å². The number of esters is 1. The average molecular weight is 467 g/mol. The number of anilines is 1. The van der Waals surface area contributed by atoms with Gasteiger partial charge in [0.1, 0.15) is 11.5 Å². The summed E-state index contributed by atoms with van der Waals surface area (Å²) in [6.45, 7) is 0. The molecular formula is C27H21N3O5. The van der Waals surface area contributed by atoms with Crippen molar-refractivity contribution in [3.63, 3.8) is 0 Å². The van der Waals surface area contributed by atoms with Crippen LogP contribution in [0.1, 0.15) is 15.9 Å². The largest absolute Gasteiger partial charge is 0.495 e. The van der Waals surface area contributed by atoms with E-state index in [1.165, 1.54) is 13.3 Å².